The summed E-state index contributed by atoms with van der Waals surface area (Å²) in [4.78, 5) is 0. The zero-order valence-corrected chi connectivity index (χ0v) is 8.63. The molecule has 1 N–H and O–H groups in total. The van der Waals surface area contributed by atoms with Gasteiger partial charge in [-0.1, -0.05) is 30.3 Å². The van der Waals surface area contributed by atoms with Gasteiger partial charge in [-0.2, -0.15) is 0 Å². The van der Waals surface area contributed by atoms with E-state index in [1.54, 1.807) is 0 Å². The Morgan fingerprint density at radius 3 is 2.73 bits per heavy atom. The molecule has 1 aromatic rings. The second kappa shape index (κ2) is 5.26. The Kier molecular flexibility index (Phi) is 3.72. The van der Waals surface area contributed by atoms with Crippen LogP contribution in [-0.2, 0) is 16.1 Å². The second-order valence-electron chi connectivity index (χ2n) is 3.78. The molecule has 1 unspecified atom stereocenters. The maximum absolute atomic E-state index is 9.13. The largest absolute Gasteiger partial charge is 0.371 e. The zero-order chi connectivity index (χ0) is 10.5. The molecule has 3 nitrogen and oxygen atoms in total. The molecule has 1 aliphatic heterocycles. The van der Waals surface area contributed by atoms with Gasteiger partial charge in [0.25, 0.3) is 0 Å². The summed E-state index contributed by atoms with van der Waals surface area (Å²) in [5.41, 5.74) is 1.17. The lowest BCUT2D eigenvalue weighted by molar-refractivity contribution is -0.169. The Bertz CT molecular complexity index is 278. The van der Waals surface area contributed by atoms with Crippen LogP contribution in [0.4, 0.5) is 0 Å². The van der Waals surface area contributed by atoms with Crippen LogP contribution in [0.5, 0.6) is 0 Å². The van der Waals surface area contributed by atoms with Crippen molar-refractivity contribution >= 4 is 0 Å². The van der Waals surface area contributed by atoms with E-state index in [0.29, 0.717) is 19.6 Å². The van der Waals surface area contributed by atoms with E-state index in [9.17, 15) is 0 Å². The quantitative estimate of drug-likeness (QED) is 0.821. The molecule has 0 spiro atoms. The molecule has 1 fully saturated rings. The molecule has 0 saturated carbocycles. The summed E-state index contributed by atoms with van der Waals surface area (Å²) in [5.74, 6) is 0. The highest BCUT2D eigenvalue weighted by atomic mass is 16.6. The van der Waals surface area contributed by atoms with Gasteiger partial charge in [-0.3, -0.25) is 0 Å². The lowest BCUT2D eigenvalue weighted by Crippen LogP contribution is -2.31. The fraction of sp³-hybridized carbons (Fsp3) is 0.500. The summed E-state index contributed by atoms with van der Waals surface area (Å²) in [6.45, 7) is 1.11. The molecule has 0 bridgehead atoms. The molecule has 1 aromatic carbocycles. The summed E-state index contributed by atoms with van der Waals surface area (Å²) in [7, 11) is 0. The van der Waals surface area contributed by atoms with Crippen molar-refractivity contribution in [2.24, 2.45) is 0 Å². The highest BCUT2D eigenvalue weighted by Gasteiger charge is 2.19. The fourth-order valence-corrected chi connectivity index (χ4v) is 1.63. The van der Waals surface area contributed by atoms with Gasteiger partial charge in [0, 0.05) is 6.42 Å². The van der Waals surface area contributed by atoms with E-state index in [4.69, 9.17) is 14.6 Å². The third kappa shape index (κ3) is 3.30. The SMILES string of the molecule is OC1CC[C@@H](OCc2ccccc2)CO1. The molecular formula is C12H16O3. The number of rotatable bonds is 3. The summed E-state index contributed by atoms with van der Waals surface area (Å²) in [6, 6.07) is 10.1. The van der Waals surface area contributed by atoms with Crippen molar-refractivity contribution < 1.29 is 14.6 Å². The van der Waals surface area contributed by atoms with Gasteiger partial charge in [-0.25, -0.2) is 0 Å². The first-order chi connectivity index (χ1) is 7.34. The van der Waals surface area contributed by atoms with Crippen LogP contribution in [0.25, 0.3) is 0 Å². The van der Waals surface area contributed by atoms with Gasteiger partial charge < -0.3 is 14.6 Å². The first kappa shape index (κ1) is 10.6. The molecule has 0 aromatic heterocycles. The van der Waals surface area contributed by atoms with Gasteiger partial charge in [-0.05, 0) is 12.0 Å². The van der Waals surface area contributed by atoms with Crippen LogP contribution in [0.1, 0.15) is 18.4 Å². The lowest BCUT2D eigenvalue weighted by atomic mass is 10.1. The summed E-state index contributed by atoms with van der Waals surface area (Å²) < 4.78 is 10.8. The highest BCUT2D eigenvalue weighted by Crippen LogP contribution is 2.15. The lowest BCUT2D eigenvalue weighted by Gasteiger charge is -2.25. The predicted molar refractivity (Wildman–Crippen MR) is 56.2 cm³/mol. The van der Waals surface area contributed by atoms with Crippen LogP contribution in [0.15, 0.2) is 30.3 Å². The van der Waals surface area contributed by atoms with Crippen LogP contribution >= 0.6 is 0 Å². The number of hydrogen-bond donors (Lipinski definition) is 1. The average molecular weight is 208 g/mol. The van der Waals surface area contributed by atoms with Gasteiger partial charge >= 0.3 is 0 Å². The van der Waals surface area contributed by atoms with E-state index in [2.05, 4.69) is 0 Å². The molecular weight excluding hydrogens is 192 g/mol. The number of aliphatic hydroxyl groups excluding tert-OH is 1. The van der Waals surface area contributed by atoms with E-state index in [1.807, 2.05) is 30.3 Å². The minimum absolute atomic E-state index is 0.119. The Labute approximate surface area is 89.6 Å². The Morgan fingerprint density at radius 1 is 1.27 bits per heavy atom. The van der Waals surface area contributed by atoms with Gasteiger partial charge in [0.2, 0.25) is 0 Å². The van der Waals surface area contributed by atoms with E-state index >= 15 is 0 Å². The first-order valence-electron chi connectivity index (χ1n) is 5.30. The Balaban J connectivity index is 1.74. The number of benzene rings is 1. The van der Waals surface area contributed by atoms with Crippen molar-refractivity contribution in [2.45, 2.75) is 31.8 Å². The molecule has 2 atom stereocenters. The van der Waals surface area contributed by atoms with Gasteiger partial charge in [0.15, 0.2) is 6.29 Å². The van der Waals surface area contributed by atoms with Crippen molar-refractivity contribution in [2.75, 3.05) is 6.61 Å². The minimum atomic E-state index is -0.596. The fourth-order valence-electron chi connectivity index (χ4n) is 1.63. The van der Waals surface area contributed by atoms with Crippen molar-refractivity contribution in [1.82, 2.24) is 0 Å². The molecule has 0 radical (unpaired) electrons. The third-order valence-corrected chi connectivity index (χ3v) is 2.54. The van der Waals surface area contributed by atoms with Gasteiger partial charge in [-0.15, -0.1) is 0 Å². The average Bonchev–Trinajstić information content (AvgIpc) is 2.30. The Morgan fingerprint density at radius 2 is 2.07 bits per heavy atom. The van der Waals surface area contributed by atoms with Crippen LogP contribution in [0, 0.1) is 0 Å². The molecule has 1 saturated heterocycles. The maximum atomic E-state index is 9.13. The molecule has 0 aliphatic carbocycles. The van der Waals surface area contributed by atoms with E-state index < -0.39 is 6.29 Å². The molecule has 1 aliphatic rings. The summed E-state index contributed by atoms with van der Waals surface area (Å²) in [5, 5.41) is 9.13. The number of aliphatic hydroxyl groups is 1. The number of hydrogen-bond acceptors (Lipinski definition) is 3. The monoisotopic (exact) mass is 208 g/mol. The minimum Gasteiger partial charge on any atom is -0.371 e. The molecule has 15 heavy (non-hydrogen) atoms. The van der Waals surface area contributed by atoms with Gasteiger partial charge in [0.1, 0.15) is 0 Å². The molecule has 2 rings (SSSR count). The first-order valence-corrected chi connectivity index (χ1v) is 5.30. The molecule has 82 valence electrons. The smallest absolute Gasteiger partial charge is 0.154 e. The van der Waals surface area contributed by atoms with E-state index in [0.717, 1.165) is 6.42 Å². The van der Waals surface area contributed by atoms with Crippen LogP contribution in [-0.4, -0.2) is 24.1 Å². The highest BCUT2D eigenvalue weighted by molar-refractivity contribution is 5.13. The van der Waals surface area contributed by atoms with Crippen LogP contribution < -0.4 is 0 Å². The van der Waals surface area contributed by atoms with Crippen molar-refractivity contribution in [3.63, 3.8) is 0 Å². The van der Waals surface area contributed by atoms with Gasteiger partial charge in [0.05, 0.1) is 19.3 Å². The standard InChI is InChI=1S/C12H16O3/c13-12-7-6-11(9-15-12)14-8-10-4-2-1-3-5-10/h1-5,11-13H,6-9H2/t11-,12?/m1/s1. The van der Waals surface area contributed by atoms with E-state index in [-0.39, 0.29) is 6.10 Å². The molecule has 1 heterocycles. The van der Waals surface area contributed by atoms with Crippen molar-refractivity contribution in [3.05, 3.63) is 35.9 Å². The van der Waals surface area contributed by atoms with Crippen molar-refractivity contribution in [1.29, 1.82) is 0 Å². The Hall–Kier alpha value is -0.900. The second-order valence-corrected chi connectivity index (χ2v) is 3.78. The summed E-state index contributed by atoms with van der Waals surface area (Å²) in [6.07, 6.45) is 1.06. The predicted octanol–water partition coefficient (Wildman–Crippen LogP) is 1.70. The van der Waals surface area contributed by atoms with Crippen LogP contribution in [0.2, 0.25) is 0 Å². The van der Waals surface area contributed by atoms with Crippen LogP contribution in [0.3, 0.4) is 0 Å². The maximum Gasteiger partial charge on any atom is 0.154 e. The van der Waals surface area contributed by atoms with E-state index in [1.165, 1.54) is 5.56 Å². The normalized spacial score (nSPS) is 26.5. The molecule has 0 amide bonds. The topological polar surface area (TPSA) is 38.7 Å². The summed E-state index contributed by atoms with van der Waals surface area (Å²) >= 11 is 0. The number of ether oxygens (including phenoxy) is 2. The molecule has 3 heteroatoms. The zero-order valence-electron chi connectivity index (χ0n) is 8.63. The third-order valence-electron chi connectivity index (χ3n) is 2.54. The van der Waals surface area contributed by atoms with Crippen molar-refractivity contribution in [3.8, 4) is 0 Å².